The molecule has 0 bridgehead atoms. The number of pyridine rings is 1. The Labute approximate surface area is 151 Å². The molecule has 2 heterocycles. The van der Waals surface area contributed by atoms with Crippen molar-refractivity contribution in [1.82, 2.24) is 10.3 Å². The number of anilines is 1. The van der Waals surface area contributed by atoms with Crippen molar-refractivity contribution in [3.8, 4) is 0 Å². The number of hydrogen-bond acceptors (Lipinski definition) is 4. The van der Waals surface area contributed by atoms with Crippen molar-refractivity contribution in [2.24, 2.45) is 0 Å². The van der Waals surface area contributed by atoms with Crippen LogP contribution in [0.2, 0.25) is 0 Å². The van der Waals surface area contributed by atoms with Gasteiger partial charge in [0.05, 0.1) is 5.56 Å². The maximum atomic E-state index is 12.9. The fourth-order valence-electron chi connectivity index (χ4n) is 3.34. The molecule has 2 amide bonds. The molecule has 132 valence electrons. The summed E-state index contributed by atoms with van der Waals surface area (Å²) < 4.78 is 0. The highest BCUT2D eigenvalue weighted by molar-refractivity contribution is 7.16. The maximum Gasteiger partial charge on any atom is 0.256 e. The van der Waals surface area contributed by atoms with Crippen molar-refractivity contribution in [2.45, 2.75) is 52.0 Å². The second-order valence-electron chi connectivity index (χ2n) is 6.34. The van der Waals surface area contributed by atoms with Gasteiger partial charge in [-0.15, -0.1) is 11.3 Å². The molecule has 3 rings (SSSR count). The fourth-order valence-corrected chi connectivity index (χ4v) is 4.48. The van der Waals surface area contributed by atoms with E-state index in [1.165, 1.54) is 24.2 Å². The summed E-state index contributed by atoms with van der Waals surface area (Å²) in [6, 6.07) is 3.57. The highest BCUT2D eigenvalue weighted by atomic mass is 32.1. The molecule has 1 aliphatic carbocycles. The van der Waals surface area contributed by atoms with Gasteiger partial charge in [0.1, 0.15) is 5.00 Å². The Morgan fingerprint density at radius 3 is 2.52 bits per heavy atom. The van der Waals surface area contributed by atoms with E-state index in [2.05, 4.69) is 15.6 Å². The molecule has 6 heteroatoms. The van der Waals surface area contributed by atoms with Crippen molar-refractivity contribution in [3.63, 3.8) is 0 Å². The van der Waals surface area contributed by atoms with Crippen LogP contribution in [0.25, 0.3) is 0 Å². The minimum Gasteiger partial charge on any atom is -0.349 e. The van der Waals surface area contributed by atoms with Crippen molar-refractivity contribution in [1.29, 1.82) is 0 Å². The first-order valence-electron chi connectivity index (χ1n) is 8.74. The van der Waals surface area contributed by atoms with Crippen LogP contribution in [0.1, 0.15) is 63.8 Å². The van der Waals surface area contributed by atoms with Crippen LogP contribution in [0.5, 0.6) is 0 Å². The number of hydrogen-bond donors (Lipinski definition) is 2. The van der Waals surface area contributed by atoms with E-state index in [1.807, 2.05) is 13.8 Å². The van der Waals surface area contributed by atoms with E-state index in [-0.39, 0.29) is 17.9 Å². The molecule has 0 spiro atoms. The zero-order chi connectivity index (χ0) is 17.8. The Morgan fingerprint density at radius 2 is 1.88 bits per heavy atom. The summed E-state index contributed by atoms with van der Waals surface area (Å²) in [5.74, 6) is -0.292. The molecule has 0 unspecified atom stereocenters. The summed E-state index contributed by atoms with van der Waals surface area (Å²) in [6.45, 7) is 4.04. The number of carbonyl (C=O) groups excluding carboxylic acids is 2. The number of nitrogens with one attached hydrogen (secondary N) is 2. The van der Waals surface area contributed by atoms with Crippen molar-refractivity contribution in [2.75, 3.05) is 5.32 Å². The van der Waals surface area contributed by atoms with Crippen LogP contribution in [0.15, 0.2) is 24.5 Å². The smallest absolute Gasteiger partial charge is 0.256 e. The van der Waals surface area contributed by atoms with Crippen LogP contribution in [-0.4, -0.2) is 22.8 Å². The third-order valence-corrected chi connectivity index (χ3v) is 5.71. The van der Waals surface area contributed by atoms with E-state index < -0.39 is 0 Å². The fraction of sp³-hybridized carbons (Fsp3) is 0.421. The number of aryl methyl sites for hydroxylation is 1. The molecule has 1 saturated carbocycles. The van der Waals surface area contributed by atoms with Gasteiger partial charge >= 0.3 is 0 Å². The van der Waals surface area contributed by atoms with Crippen LogP contribution >= 0.6 is 11.3 Å². The van der Waals surface area contributed by atoms with Crippen molar-refractivity contribution < 1.29 is 9.59 Å². The molecule has 2 N–H and O–H groups in total. The molecule has 0 atom stereocenters. The normalized spacial score (nSPS) is 14.5. The third-order valence-electron chi connectivity index (χ3n) is 4.65. The first-order valence-corrected chi connectivity index (χ1v) is 9.56. The number of thiophene rings is 1. The lowest BCUT2D eigenvalue weighted by atomic mass is 10.1. The van der Waals surface area contributed by atoms with Gasteiger partial charge in [-0.3, -0.25) is 14.6 Å². The predicted molar refractivity (Wildman–Crippen MR) is 100 cm³/mol. The first kappa shape index (κ1) is 17.6. The van der Waals surface area contributed by atoms with Gasteiger partial charge in [-0.05, 0) is 43.9 Å². The van der Waals surface area contributed by atoms with E-state index in [0.29, 0.717) is 16.1 Å². The average molecular weight is 357 g/mol. The van der Waals surface area contributed by atoms with Crippen molar-refractivity contribution >= 4 is 28.2 Å². The number of carbonyl (C=O) groups is 2. The Kier molecular flexibility index (Phi) is 5.48. The lowest BCUT2D eigenvalue weighted by Crippen LogP contribution is -2.33. The number of rotatable bonds is 5. The Hall–Kier alpha value is -2.21. The monoisotopic (exact) mass is 357 g/mol. The first-order chi connectivity index (χ1) is 12.1. The van der Waals surface area contributed by atoms with Gasteiger partial charge in [-0.2, -0.15) is 0 Å². The number of amides is 2. The van der Waals surface area contributed by atoms with Crippen molar-refractivity contribution in [3.05, 3.63) is 46.1 Å². The van der Waals surface area contributed by atoms with E-state index in [0.717, 1.165) is 29.7 Å². The minimum absolute atomic E-state index is 0.0712. The SMILES string of the molecule is CCc1c(C)sc(NC(=O)c2ccncc2)c1C(=O)NC1CCCC1. The molecular weight excluding hydrogens is 334 g/mol. The molecule has 0 saturated heterocycles. The highest BCUT2D eigenvalue weighted by Gasteiger charge is 2.25. The highest BCUT2D eigenvalue weighted by Crippen LogP contribution is 2.34. The standard InChI is InChI=1S/C19H23N3O2S/c1-3-15-12(2)25-19(22-17(23)13-8-10-20-11-9-13)16(15)18(24)21-14-6-4-5-7-14/h8-11,14H,3-7H2,1-2H3,(H,21,24)(H,22,23). The average Bonchev–Trinajstić information content (AvgIpc) is 3.22. The topological polar surface area (TPSA) is 71.1 Å². The predicted octanol–water partition coefficient (Wildman–Crippen LogP) is 3.94. The minimum atomic E-state index is -0.221. The molecule has 2 aromatic heterocycles. The molecule has 1 aliphatic rings. The van der Waals surface area contributed by atoms with Gasteiger partial charge < -0.3 is 10.6 Å². The summed E-state index contributed by atoms with van der Waals surface area (Å²) in [4.78, 5) is 30.3. The third kappa shape index (κ3) is 3.90. The van der Waals surface area contributed by atoms with Gasteiger partial charge in [0.15, 0.2) is 0 Å². The summed E-state index contributed by atoms with van der Waals surface area (Å²) >= 11 is 1.47. The Balaban J connectivity index is 1.85. The quantitative estimate of drug-likeness (QED) is 0.851. The van der Waals surface area contributed by atoms with E-state index in [4.69, 9.17) is 0 Å². The summed E-state index contributed by atoms with van der Waals surface area (Å²) in [6.07, 6.45) is 8.34. The van der Waals surface area contributed by atoms with E-state index >= 15 is 0 Å². The Bertz CT molecular complexity index is 764. The molecule has 0 aliphatic heterocycles. The summed E-state index contributed by atoms with van der Waals surface area (Å²) in [7, 11) is 0. The number of aromatic nitrogens is 1. The van der Waals surface area contributed by atoms with Gasteiger partial charge in [-0.25, -0.2) is 0 Å². The number of nitrogens with zero attached hydrogens (tertiary/aromatic N) is 1. The van der Waals surface area contributed by atoms with Crippen LogP contribution in [0.4, 0.5) is 5.00 Å². The second-order valence-corrected chi connectivity index (χ2v) is 7.56. The van der Waals surface area contributed by atoms with Crippen LogP contribution in [0, 0.1) is 6.92 Å². The summed E-state index contributed by atoms with van der Waals surface area (Å²) in [5, 5.41) is 6.69. The zero-order valence-electron chi connectivity index (χ0n) is 14.6. The molecule has 2 aromatic rings. The van der Waals surface area contributed by atoms with Crippen LogP contribution in [-0.2, 0) is 6.42 Å². The maximum absolute atomic E-state index is 12.9. The largest absolute Gasteiger partial charge is 0.349 e. The zero-order valence-corrected chi connectivity index (χ0v) is 15.4. The van der Waals surface area contributed by atoms with Gasteiger partial charge in [0.2, 0.25) is 0 Å². The van der Waals surface area contributed by atoms with Gasteiger partial charge in [0, 0.05) is 28.9 Å². The lowest BCUT2D eigenvalue weighted by molar-refractivity contribution is 0.0938. The van der Waals surface area contributed by atoms with Gasteiger partial charge in [-0.1, -0.05) is 19.8 Å². The van der Waals surface area contributed by atoms with Crippen LogP contribution in [0.3, 0.4) is 0 Å². The van der Waals surface area contributed by atoms with E-state index in [9.17, 15) is 9.59 Å². The lowest BCUT2D eigenvalue weighted by Gasteiger charge is -2.14. The molecule has 5 nitrogen and oxygen atoms in total. The second kappa shape index (κ2) is 7.78. The summed E-state index contributed by atoms with van der Waals surface area (Å²) in [5.41, 5.74) is 2.17. The van der Waals surface area contributed by atoms with Crippen LogP contribution < -0.4 is 10.6 Å². The van der Waals surface area contributed by atoms with E-state index in [1.54, 1.807) is 24.5 Å². The Morgan fingerprint density at radius 1 is 1.20 bits per heavy atom. The molecule has 1 fully saturated rings. The molecule has 25 heavy (non-hydrogen) atoms. The molecular formula is C19H23N3O2S. The van der Waals surface area contributed by atoms with Gasteiger partial charge in [0.25, 0.3) is 11.8 Å². The molecule has 0 radical (unpaired) electrons. The molecule has 0 aromatic carbocycles.